The van der Waals surface area contributed by atoms with Crippen molar-refractivity contribution in [2.75, 3.05) is 44.7 Å². The fraction of sp³-hybridized carbons (Fsp3) is 0.385. The monoisotopic (exact) mass is 472 g/mol. The van der Waals surface area contributed by atoms with Gasteiger partial charge in [0.2, 0.25) is 0 Å². The van der Waals surface area contributed by atoms with Crippen LogP contribution in [0.2, 0.25) is 0 Å². The molecule has 0 aromatic carbocycles. The summed E-state index contributed by atoms with van der Waals surface area (Å²) in [5, 5.41) is 19.0. The van der Waals surface area contributed by atoms with Crippen LogP contribution in [0.3, 0.4) is 0 Å². The maximum atomic E-state index is 10.1. The third-order valence-electron chi connectivity index (χ3n) is 6.31. The van der Waals surface area contributed by atoms with Crippen LogP contribution >= 0.6 is 0 Å². The number of pyridine rings is 2. The van der Waals surface area contributed by atoms with Gasteiger partial charge in [0.15, 0.2) is 0 Å². The molecule has 5 rings (SSSR count). The van der Waals surface area contributed by atoms with Gasteiger partial charge in [-0.15, -0.1) is 0 Å². The molecule has 0 bridgehead atoms. The van der Waals surface area contributed by atoms with Gasteiger partial charge in [-0.05, 0) is 32.0 Å². The molecule has 1 saturated heterocycles. The van der Waals surface area contributed by atoms with Gasteiger partial charge < -0.3 is 10.0 Å². The highest BCUT2D eigenvalue weighted by atomic mass is 16.3. The van der Waals surface area contributed by atoms with Crippen molar-refractivity contribution in [3.8, 4) is 22.3 Å². The lowest BCUT2D eigenvalue weighted by molar-refractivity contribution is 0.0344. The Hall–Kier alpha value is -3.56. The average molecular weight is 473 g/mol. The number of piperazine rings is 1. The minimum Gasteiger partial charge on any atom is -0.389 e. The van der Waals surface area contributed by atoms with Crippen LogP contribution in [-0.4, -0.2) is 86.0 Å². The van der Waals surface area contributed by atoms with Crippen molar-refractivity contribution in [2.45, 2.75) is 19.4 Å². The molecule has 182 valence electrons. The van der Waals surface area contributed by atoms with Gasteiger partial charge >= 0.3 is 0 Å². The first-order valence-corrected chi connectivity index (χ1v) is 11.9. The third-order valence-corrected chi connectivity index (χ3v) is 6.31. The highest BCUT2D eigenvalue weighted by Crippen LogP contribution is 2.32. The summed E-state index contributed by atoms with van der Waals surface area (Å²) in [6, 6.07) is 6.40. The molecule has 5 heterocycles. The smallest absolute Gasteiger partial charge is 0.128 e. The molecule has 4 aromatic rings. The predicted molar refractivity (Wildman–Crippen MR) is 139 cm³/mol. The largest absolute Gasteiger partial charge is 0.389 e. The molecule has 9 nitrogen and oxygen atoms in total. The SMILES string of the molecule is C/N=C\c1cnn2cc(-c3cnn(C)c3)cc(-c3ccc(N4CCN(CC(C)(C)O)CC4)nc3)c12. The van der Waals surface area contributed by atoms with Crippen LogP contribution in [0, 0.1) is 0 Å². The van der Waals surface area contributed by atoms with Crippen molar-refractivity contribution in [2.24, 2.45) is 12.0 Å². The summed E-state index contributed by atoms with van der Waals surface area (Å²) in [5.41, 5.74) is 5.43. The summed E-state index contributed by atoms with van der Waals surface area (Å²) in [5.74, 6) is 0.972. The highest BCUT2D eigenvalue weighted by Gasteiger charge is 2.23. The molecular weight excluding hydrogens is 440 g/mol. The number of hydrogen-bond acceptors (Lipinski definition) is 7. The van der Waals surface area contributed by atoms with Gasteiger partial charge in [-0.1, -0.05) is 0 Å². The van der Waals surface area contributed by atoms with Crippen LogP contribution in [-0.2, 0) is 7.05 Å². The number of β-amino-alcohol motifs (C(OH)–C–C–N with tert-alkyl or cyclic N) is 1. The topological polar surface area (TPSA) is 87.1 Å². The van der Waals surface area contributed by atoms with E-state index in [2.05, 4.69) is 43.2 Å². The van der Waals surface area contributed by atoms with E-state index in [0.29, 0.717) is 6.54 Å². The standard InChI is InChI=1S/C26H32N8O/c1-26(2,35)18-32-7-9-33(10-8-32)24-6-5-19(13-28-24)23-11-20(22-15-29-31(4)16-22)17-34-25(23)21(12-27-3)14-30-34/h5-6,11-17,35H,7-10,18H2,1-4H3/b27-12-. The van der Waals surface area contributed by atoms with E-state index >= 15 is 0 Å². The maximum absolute atomic E-state index is 10.1. The highest BCUT2D eigenvalue weighted by molar-refractivity contribution is 5.97. The second-order valence-corrected chi connectivity index (χ2v) is 9.81. The van der Waals surface area contributed by atoms with Gasteiger partial charge in [0, 0.05) is 99.4 Å². The van der Waals surface area contributed by atoms with Crippen LogP contribution in [0.15, 0.2) is 54.2 Å². The molecule has 0 radical (unpaired) electrons. The van der Waals surface area contributed by atoms with Crippen LogP contribution in [0.1, 0.15) is 19.4 Å². The molecule has 1 aliphatic rings. The number of hydrogen-bond donors (Lipinski definition) is 1. The Labute approximate surface area is 205 Å². The lowest BCUT2D eigenvalue weighted by atomic mass is 10.0. The Balaban J connectivity index is 1.45. The van der Waals surface area contributed by atoms with Crippen LogP contribution in [0.25, 0.3) is 27.8 Å². The number of fused-ring (bicyclic) bond motifs is 1. The van der Waals surface area contributed by atoms with Gasteiger partial charge in [0.25, 0.3) is 0 Å². The molecule has 1 fully saturated rings. The average Bonchev–Trinajstić information content (AvgIpc) is 3.45. The van der Waals surface area contributed by atoms with Gasteiger partial charge in [0.05, 0.1) is 23.5 Å². The summed E-state index contributed by atoms with van der Waals surface area (Å²) < 4.78 is 3.71. The second-order valence-electron chi connectivity index (χ2n) is 9.81. The van der Waals surface area contributed by atoms with Crippen LogP contribution in [0.4, 0.5) is 5.82 Å². The number of nitrogens with zero attached hydrogens (tertiary/aromatic N) is 8. The minimum atomic E-state index is -0.674. The number of aliphatic imine (C=N–C) groups is 1. The minimum absolute atomic E-state index is 0.674. The summed E-state index contributed by atoms with van der Waals surface area (Å²) in [6.45, 7) is 8.01. The summed E-state index contributed by atoms with van der Waals surface area (Å²) in [4.78, 5) is 13.7. The van der Waals surface area contributed by atoms with E-state index in [4.69, 9.17) is 4.98 Å². The van der Waals surface area contributed by atoms with Crippen molar-refractivity contribution in [3.63, 3.8) is 0 Å². The number of anilines is 1. The zero-order chi connectivity index (χ0) is 24.6. The van der Waals surface area contributed by atoms with E-state index in [9.17, 15) is 5.11 Å². The molecule has 9 heteroatoms. The Bertz CT molecular complexity index is 1340. The molecule has 0 spiro atoms. The zero-order valence-electron chi connectivity index (χ0n) is 20.8. The number of aliphatic hydroxyl groups is 1. The predicted octanol–water partition coefficient (Wildman–Crippen LogP) is 2.74. The molecule has 1 aliphatic heterocycles. The van der Waals surface area contributed by atoms with E-state index in [-0.39, 0.29) is 0 Å². The lowest BCUT2D eigenvalue weighted by Gasteiger charge is -2.37. The summed E-state index contributed by atoms with van der Waals surface area (Å²) in [6.07, 6.45) is 11.5. The Kier molecular flexibility index (Phi) is 6.12. The normalized spacial score (nSPS) is 15.5. The van der Waals surface area contributed by atoms with Crippen molar-refractivity contribution in [1.29, 1.82) is 0 Å². The molecule has 4 aromatic heterocycles. The fourth-order valence-corrected chi connectivity index (χ4v) is 4.74. The maximum Gasteiger partial charge on any atom is 0.128 e. The molecule has 0 unspecified atom stereocenters. The van der Waals surface area contributed by atoms with Crippen molar-refractivity contribution in [1.82, 2.24) is 29.3 Å². The van der Waals surface area contributed by atoms with E-state index < -0.39 is 5.60 Å². The Morgan fingerprint density at radius 2 is 1.80 bits per heavy atom. The first kappa shape index (κ1) is 23.2. The van der Waals surface area contributed by atoms with Gasteiger partial charge in [-0.3, -0.25) is 14.6 Å². The third kappa shape index (κ3) is 4.96. The van der Waals surface area contributed by atoms with Crippen molar-refractivity contribution < 1.29 is 5.11 Å². The summed E-state index contributed by atoms with van der Waals surface area (Å²) >= 11 is 0. The van der Waals surface area contributed by atoms with Gasteiger partial charge in [0.1, 0.15) is 5.82 Å². The summed E-state index contributed by atoms with van der Waals surface area (Å²) in [7, 11) is 3.69. The van der Waals surface area contributed by atoms with Crippen molar-refractivity contribution in [3.05, 3.63) is 54.7 Å². The molecule has 35 heavy (non-hydrogen) atoms. The Morgan fingerprint density at radius 1 is 1.00 bits per heavy atom. The molecule has 0 saturated carbocycles. The molecule has 0 amide bonds. The van der Waals surface area contributed by atoms with Crippen molar-refractivity contribution >= 4 is 17.5 Å². The molecule has 0 aliphatic carbocycles. The van der Waals surface area contributed by atoms with Gasteiger partial charge in [-0.25, -0.2) is 9.50 Å². The number of aromatic nitrogens is 5. The van der Waals surface area contributed by atoms with E-state index in [1.807, 2.05) is 62.6 Å². The number of rotatable bonds is 6. The lowest BCUT2D eigenvalue weighted by Crippen LogP contribution is -2.50. The first-order chi connectivity index (χ1) is 16.8. The molecule has 1 N–H and O–H groups in total. The Morgan fingerprint density at radius 3 is 2.43 bits per heavy atom. The van der Waals surface area contributed by atoms with Crippen LogP contribution in [0.5, 0.6) is 0 Å². The van der Waals surface area contributed by atoms with Crippen LogP contribution < -0.4 is 4.90 Å². The zero-order valence-corrected chi connectivity index (χ0v) is 20.8. The van der Waals surface area contributed by atoms with Gasteiger partial charge in [-0.2, -0.15) is 10.2 Å². The second kappa shape index (κ2) is 9.24. The van der Waals surface area contributed by atoms with E-state index in [1.54, 1.807) is 11.7 Å². The first-order valence-electron chi connectivity index (χ1n) is 11.9. The van der Waals surface area contributed by atoms with E-state index in [1.165, 1.54) is 0 Å². The quantitative estimate of drug-likeness (QED) is 0.434. The molecular formula is C26H32N8O. The molecule has 0 atom stereocenters. The fourth-order valence-electron chi connectivity index (χ4n) is 4.74. The van der Waals surface area contributed by atoms with E-state index in [0.717, 1.165) is 65.3 Å². The number of aryl methyl sites for hydroxylation is 1.